The van der Waals surface area contributed by atoms with Gasteiger partial charge in [-0.25, -0.2) is 0 Å². The van der Waals surface area contributed by atoms with Gasteiger partial charge in [0.1, 0.15) is 0 Å². The minimum absolute atomic E-state index is 0.0921. The fourth-order valence-electron chi connectivity index (χ4n) is 3.85. The Hall–Kier alpha value is 0.0700. The van der Waals surface area contributed by atoms with Crippen LogP contribution in [-0.4, -0.2) is 46.8 Å². The Bertz CT molecular complexity index is 344. The number of hydrogen-bond donors (Lipinski definition) is 0. The smallest absolute Gasteiger partial charge is 0.330 e. The van der Waals surface area contributed by atoms with E-state index in [0.29, 0.717) is 31.2 Å². The molecule has 0 aromatic rings. The molecule has 1 aliphatic rings. The zero-order chi connectivity index (χ0) is 16.6. The van der Waals surface area contributed by atoms with E-state index in [1.165, 1.54) is 0 Å². The summed E-state index contributed by atoms with van der Waals surface area (Å²) in [4.78, 5) is 0. The summed E-state index contributed by atoms with van der Waals surface area (Å²) in [6, 6.07) is 0. The van der Waals surface area contributed by atoms with Gasteiger partial charge in [-0.15, -0.1) is 0 Å². The Kier molecular flexibility index (Phi) is 8.58. The molecule has 6 heteroatoms. The molecule has 0 N–H and O–H groups in total. The monoisotopic (exact) mass is 336 g/mol. The van der Waals surface area contributed by atoms with Crippen molar-refractivity contribution in [3.8, 4) is 0 Å². The number of rotatable bonds is 11. The van der Waals surface area contributed by atoms with Gasteiger partial charge in [-0.3, -0.25) is 4.57 Å². The molecule has 132 valence electrons. The molecule has 0 saturated heterocycles. The zero-order valence-corrected chi connectivity index (χ0v) is 15.7. The average molecular weight is 336 g/mol. The molecule has 0 aliphatic heterocycles. The van der Waals surface area contributed by atoms with Gasteiger partial charge in [-0.1, -0.05) is 6.92 Å². The maximum absolute atomic E-state index is 12.6. The van der Waals surface area contributed by atoms with E-state index >= 15 is 0 Å². The first kappa shape index (κ1) is 20.1. The SMILES string of the molecule is CCOP(=O)(CC[C@H]1CC(COC)(COC)C[C@@H]1C)OCC. The highest BCUT2D eigenvalue weighted by Crippen LogP contribution is 2.53. The van der Waals surface area contributed by atoms with Crippen LogP contribution in [0.1, 0.15) is 40.0 Å². The molecule has 1 fully saturated rings. The Labute approximate surface area is 135 Å². The van der Waals surface area contributed by atoms with Crippen LogP contribution in [0.3, 0.4) is 0 Å². The molecule has 1 aliphatic carbocycles. The number of hydrogen-bond acceptors (Lipinski definition) is 5. The van der Waals surface area contributed by atoms with E-state index in [0.717, 1.165) is 32.5 Å². The third-order valence-corrected chi connectivity index (χ3v) is 6.69. The molecule has 0 spiro atoms. The molecule has 0 radical (unpaired) electrons. The summed E-state index contributed by atoms with van der Waals surface area (Å²) in [6.07, 6.45) is 3.51. The summed E-state index contributed by atoms with van der Waals surface area (Å²) >= 11 is 0. The summed E-state index contributed by atoms with van der Waals surface area (Å²) in [5.74, 6) is 1.08. The first-order chi connectivity index (χ1) is 10.4. The van der Waals surface area contributed by atoms with Gasteiger partial charge in [-0.2, -0.15) is 0 Å². The molecular weight excluding hydrogens is 303 g/mol. The molecule has 5 nitrogen and oxygen atoms in total. The zero-order valence-electron chi connectivity index (χ0n) is 14.8. The van der Waals surface area contributed by atoms with Crippen molar-refractivity contribution in [2.45, 2.75) is 40.0 Å². The first-order valence-electron chi connectivity index (χ1n) is 8.30. The Morgan fingerprint density at radius 3 is 2.05 bits per heavy atom. The van der Waals surface area contributed by atoms with Crippen molar-refractivity contribution in [1.82, 2.24) is 0 Å². The Balaban J connectivity index is 2.63. The molecule has 0 bridgehead atoms. The summed E-state index contributed by atoms with van der Waals surface area (Å²) in [7, 11) is 0.554. The quantitative estimate of drug-likeness (QED) is 0.534. The van der Waals surface area contributed by atoms with Gasteiger partial charge in [0.15, 0.2) is 0 Å². The summed E-state index contributed by atoms with van der Waals surface area (Å²) in [5.41, 5.74) is 0.0921. The lowest BCUT2D eigenvalue weighted by molar-refractivity contribution is 0.0106. The van der Waals surface area contributed by atoms with Gasteiger partial charge in [-0.05, 0) is 44.9 Å². The lowest BCUT2D eigenvalue weighted by atomic mass is 9.86. The topological polar surface area (TPSA) is 54.0 Å². The van der Waals surface area contributed by atoms with E-state index in [4.69, 9.17) is 18.5 Å². The maximum Gasteiger partial charge on any atom is 0.330 e. The van der Waals surface area contributed by atoms with E-state index in [-0.39, 0.29) is 5.41 Å². The van der Waals surface area contributed by atoms with Gasteiger partial charge in [0.25, 0.3) is 0 Å². The van der Waals surface area contributed by atoms with E-state index in [1.54, 1.807) is 14.2 Å². The van der Waals surface area contributed by atoms with Crippen molar-refractivity contribution >= 4 is 7.60 Å². The van der Waals surface area contributed by atoms with Crippen LogP contribution in [0.25, 0.3) is 0 Å². The molecular formula is C16H33O5P. The highest BCUT2D eigenvalue weighted by atomic mass is 31.2. The van der Waals surface area contributed by atoms with Crippen molar-refractivity contribution in [3.63, 3.8) is 0 Å². The molecule has 0 amide bonds. The lowest BCUT2D eigenvalue weighted by Gasteiger charge is -2.28. The van der Waals surface area contributed by atoms with Crippen LogP contribution in [0.15, 0.2) is 0 Å². The summed E-state index contributed by atoms with van der Waals surface area (Å²) < 4.78 is 34.2. The maximum atomic E-state index is 12.6. The Morgan fingerprint density at radius 2 is 1.59 bits per heavy atom. The lowest BCUT2D eigenvalue weighted by Crippen LogP contribution is -2.29. The fourth-order valence-corrected chi connectivity index (χ4v) is 5.62. The fraction of sp³-hybridized carbons (Fsp3) is 1.00. The molecule has 2 atom stereocenters. The van der Waals surface area contributed by atoms with Crippen LogP contribution in [0.5, 0.6) is 0 Å². The second-order valence-corrected chi connectivity index (χ2v) is 8.66. The van der Waals surface area contributed by atoms with Crippen LogP contribution in [0.2, 0.25) is 0 Å². The van der Waals surface area contributed by atoms with Gasteiger partial charge in [0.05, 0.1) is 32.6 Å². The molecule has 1 rings (SSSR count). The third-order valence-electron chi connectivity index (χ3n) is 4.58. The van der Waals surface area contributed by atoms with E-state index < -0.39 is 7.60 Å². The predicted octanol–water partition coefficient (Wildman–Crippen LogP) is 3.97. The van der Waals surface area contributed by atoms with Crippen molar-refractivity contribution in [2.75, 3.05) is 46.8 Å². The molecule has 0 unspecified atom stereocenters. The van der Waals surface area contributed by atoms with E-state index in [1.807, 2.05) is 13.8 Å². The van der Waals surface area contributed by atoms with Crippen LogP contribution in [0.4, 0.5) is 0 Å². The van der Waals surface area contributed by atoms with E-state index in [2.05, 4.69) is 6.92 Å². The minimum atomic E-state index is -2.93. The highest BCUT2D eigenvalue weighted by molar-refractivity contribution is 7.53. The van der Waals surface area contributed by atoms with E-state index in [9.17, 15) is 4.57 Å². The van der Waals surface area contributed by atoms with Gasteiger partial charge >= 0.3 is 7.60 Å². The first-order valence-corrected chi connectivity index (χ1v) is 10.0. The van der Waals surface area contributed by atoms with Crippen molar-refractivity contribution in [2.24, 2.45) is 17.3 Å². The van der Waals surface area contributed by atoms with Crippen molar-refractivity contribution in [3.05, 3.63) is 0 Å². The van der Waals surface area contributed by atoms with Crippen LogP contribution < -0.4 is 0 Å². The largest absolute Gasteiger partial charge is 0.384 e. The van der Waals surface area contributed by atoms with Crippen molar-refractivity contribution in [1.29, 1.82) is 0 Å². The van der Waals surface area contributed by atoms with Gasteiger partial charge in [0, 0.05) is 19.6 Å². The summed E-state index contributed by atoms with van der Waals surface area (Å²) in [6.45, 7) is 8.26. The predicted molar refractivity (Wildman–Crippen MR) is 88.4 cm³/mol. The molecule has 0 aromatic heterocycles. The standard InChI is InChI=1S/C16H33O5P/c1-6-20-22(17,21-7-2)9-8-15-11-16(12-18-4,13-19-5)10-14(15)3/h14-15H,6-13H2,1-5H3/t14-,15-/m0/s1. The molecule has 0 aromatic carbocycles. The summed E-state index contributed by atoms with van der Waals surface area (Å²) in [5, 5.41) is 0. The average Bonchev–Trinajstić information content (AvgIpc) is 2.74. The molecule has 0 heterocycles. The van der Waals surface area contributed by atoms with Gasteiger partial charge < -0.3 is 18.5 Å². The van der Waals surface area contributed by atoms with Crippen LogP contribution >= 0.6 is 7.60 Å². The normalized spacial score (nSPS) is 24.8. The second-order valence-electron chi connectivity index (χ2n) is 6.47. The number of methoxy groups -OCH3 is 2. The highest BCUT2D eigenvalue weighted by Gasteiger charge is 2.44. The van der Waals surface area contributed by atoms with Gasteiger partial charge in [0.2, 0.25) is 0 Å². The minimum Gasteiger partial charge on any atom is -0.384 e. The van der Waals surface area contributed by atoms with Crippen LogP contribution in [0, 0.1) is 17.3 Å². The van der Waals surface area contributed by atoms with Crippen LogP contribution in [-0.2, 0) is 23.1 Å². The molecule has 22 heavy (non-hydrogen) atoms. The second kappa shape index (κ2) is 9.39. The molecule has 1 saturated carbocycles. The van der Waals surface area contributed by atoms with Crippen molar-refractivity contribution < 1.29 is 23.1 Å². The number of ether oxygens (including phenoxy) is 2. The Morgan fingerprint density at radius 1 is 1.05 bits per heavy atom. The third kappa shape index (κ3) is 5.61.